The number of nitrogens with zero attached hydrogens (tertiary/aromatic N) is 1. The molecule has 0 atom stereocenters. The summed E-state index contributed by atoms with van der Waals surface area (Å²) in [5, 5.41) is 9.32. The van der Waals surface area contributed by atoms with Crippen molar-refractivity contribution in [1.82, 2.24) is 0 Å². The lowest BCUT2D eigenvalue weighted by atomic mass is 10.1. The van der Waals surface area contributed by atoms with Gasteiger partial charge in [0, 0.05) is 16.8 Å². The van der Waals surface area contributed by atoms with Crippen LogP contribution >= 0.6 is 24.4 Å². The lowest BCUT2D eigenvalue weighted by Gasteiger charge is -2.18. The van der Waals surface area contributed by atoms with Crippen molar-refractivity contribution >= 4 is 40.1 Å². The van der Waals surface area contributed by atoms with E-state index in [0.29, 0.717) is 9.98 Å². The highest BCUT2D eigenvalue weighted by molar-refractivity contribution is 7.83. The fraction of sp³-hybridized carbons (Fsp3) is 0. The molecule has 18 heavy (non-hydrogen) atoms. The van der Waals surface area contributed by atoms with Gasteiger partial charge in [-0.3, -0.25) is 4.90 Å². The van der Waals surface area contributed by atoms with Crippen LogP contribution in [0.4, 0.5) is 5.69 Å². The Morgan fingerprint density at radius 2 is 1.28 bits per heavy atom. The van der Waals surface area contributed by atoms with Gasteiger partial charge >= 0.3 is 0 Å². The summed E-state index contributed by atoms with van der Waals surface area (Å²) >= 11 is 10.9. The Bertz CT molecular complexity index is 614. The van der Waals surface area contributed by atoms with E-state index < -0.39 is 0 Å². The van der Waals surface area contributed by atoms with Crippen LogP contribution in [0.2, 0.25) is 0 Å². The van der Waals surface area contributed by atoms with E-state index in [0.717, 1.165) is 16.8 Å². The first-order chi connectivity index (χ1) is 8.68. The number of thiocarbonyl (C=S) groups is 2. The van der Waals surface area contributed by atoms with Crippen LogP contribution in [-0.2, 0) is 0 Å². The van der Waals surface area contributed by atoms with Crippen molar-refractivity contribution < 1.29 is 5.11 Å². The predicted octanol–water partition coefficient (Wildman–Crippen LogP) is 3.26. The van der Waals surface area contributed by atoms with Crippen molar-refractivity contribution in [3.63, 3.8) is 0 Å². The molecular weight excluding hydrogens is 262 g/mol. The van der Waals surface area contributed by atoms with Gasteiger partial charge in [-0.1, -0.05) is 48.7 Å². The average Bonchev–Trinajstić information content (AvgIpc) is 2.64. The van der Waals surface area contributed by atoms with Gasteiger partial charge in [-0.2, -0.15) is 0 Å². The van der Waals surface area contributed by atoms with Gasteiger partial charge in [-0.05, 0) is 24.3 Å². The van der Waals surface area contributed by atoms with Crippen molar-refractivity contribution in [1.29, 1.82) is 0 Å². The number of phenolic OH excluding ortho intramolecular Hbond substituents is 1. The molecule has 88 valence electrons. The van der Waals surface area contributed by atoms with Crippen LogP contribution in [0, 0.1) is 0 Å². The van der Waals surface area contributed by atoms with E-state index in [4.69, 9.17) is 24.4 Å². The molecule has 1 N–H and O–H groups in total. The lowest BCUT2D eigenvalue weighted by Crippen LogP contribution is -2.27. The van der Waals surface area contributed by atoms with Gasteiger partial charge in [0.15, 0.2) is 0 Å². The van der Waals surface area contributed by atoms with E-state index in [1.165, 1.54) is 0 Å². The van der Waals surface area contributed by atoms with Crippen LogP contribution in [0.3, 0.4) is 0 Å². The molecule has 0 fully saturated rings. The van der Waals surface area contributed by atoms with Gasteiger partial charge in [-0.25, -0.2) is 0 Å². The van der Waals surface area contributed by atoms with Crippen LogP contribution in [-0.4, -0.2) is 15.1 Å². The van der Waals surface area contributed by atoms with E-state index in [1.807, 2.05) is 29.2 Å². The zero-order valence-corrected chi connectivity index (χ0v) is 11.0. The maximum atomic E-state index is 9.32. The number of benzene rings is 2. The topological polar surface area (TPSA) is 23.5 Å². The maximum Gasteiger partial charge on any atom is 0.119 e. The summed E-state index contributed by atoms with van der Waals surface area (Å²) in [7, 11) is 0. The van der Waals surface area contributed by atoms with Crippen LogP contribution in [0.1, 0.15) is 11.1 Å². The Balaban J connectivity index is 2.09. The molecule has 1 aliphatic rings. The molecule has 0 spiro atoms. The number of fused-ring (bicyclic) bond motifs is 1. The normalized spacial score (nSPS) is 13.9. The second-order valence-corrected chi connectivity index (χ2v) is 4.78. The smallest absolute Gasteiger partial charge is 0.119 e. The molecule has 1 aliphatic heterocycles. The summed E-state index contributed by atoms with van der Waals surface area (Å²) in [4.78, 5) is 3.27. The Labute approximate surface area is 115 Å². The number of aromatic hydroxyl groups is 1. The molecule has 0 unspecified atom stereocenters. The number of phenols is 1. The maximum absolute atomic E-state index is 9.32. The first kappa shape index (κ1) is 11.3. The molecule has 2 aromatic rings. The predicted molar refractivity (Wildman–Crippen MR) is 80.4 cm³/mol. The minimum atomic E-state index is 0.229. The van der Waals surface area contributed by atoms with Crippen molar-refractivity contribution in [2.24, 2.45) is 0 Å². The van der Waals surface area contributed by atoms with E-state index in [9.17, 15) is 5.11 Å². The fourth-order valence-electron chi connectivity index (χ4n) is 2.03. The van der Waals surface area contributed by atoms with Crippen molar-refractivity contribution in [3.8, 4) is 5.75 Å². The highest BCUT2D eigenvalue weighted by Gasteiger charge is 2.29. The van der Waals surface area contributed by atoms with E-state index >= 15 is 0 Å². The third kappa shape index (κ3) is 1.62. The molecule has 4 heteroatoms. The summed E-state index contributed by atoms with van der Waals surface area (Å²) in [6, 6.07) is 14.7. The molecule has 0 radical (unpaired) electrons. The number of hydrogen-bond acceptors (Lipinski definition) is 3. The Hall–Kier alpha value is -1.78. The first-order valence-electron chi connectivity index (χ1n) is 5.45. The second kappa shape index (κ2) is 4.15. The first-order valence-corrected chi connectivity index (χ1v) is 6.27. The monoisotopic (exact) mass is 271 g/mol. The highest BCUT2D eigenvalue weighted by atomic mass is 32.1. The Morgan fingerprint density at radius 3 is 1.78 bits per heavy atom. The van der Waals surface area contributed by atoms with Crippen molar-refractivity contribution in [2.75, 3.05) is 4.90 Å². The van der Waals surface area contributed by atoms with E-state index in [-0.39, 0.29) is 5.75 Å². The van der Waals surface area contributed by atoms with Gasteiger partial charge in [0.2, 0.25) is 0 Å². The van der Waals surface area contributed by atoms with Crippen molar-refractivity contribution in [2.45, 2.75) is 0 Å². The summed E-state index contributed by atoms with van der Waals surface area (Å²) in [5.41, 5.74) is 2.86. The zero-order chi connectivity index (χ0) is 12.7. The Kier molecular flexibility index (Phi) is 2.61. The zero-order valence-electron chi connectivity index (χ0n) is 9.33. The summed E-state index contributed by atoms with van der Waals surface area (Å²) in [6.45, 7) is 0. The third-order valence-corrected chi connectivity index (χ3v) is 3.71. The summed E-state index contributed by atoms with van der Waals surface area (Å²) in [5.74, 6) is 0.229. The molecule has 1 heterocycles. The minimum absolute atomic E-state index is 0.229. The van der Waals surface area contributed by atoms with E-state index in [2.05, 4.69) is 0 Å². The SMILES string of the molecule is Oc1ccc(N2C(=S)c3ccccc3C2=S)cc1. The lowest BCUT2D eigenvalue weighted by molar-refractivity contribution is 0.475. The number of rotatable bonds is 1. The fourth-order valence-corrected chi connectivity index (χ4v) is 2.83. The molecule has 2 aromatic carbocycles. The van der Waals surface area contributed by atoms with Gasteiger partial charge in [-0.15, -0.1) is 0 Å². The average molecular weight is 271 g/mol. The minimum Gasteiger partial charge on any atom is -0.508 e. The largest absolute Gasteiger partial charge is 0.508 e. The standard InChI is InChI=1S/C14H9NOS2/c16-10-7-5-9(6-8-10)15-13(17)11-3-1-2-4-12(11)14(15)18/h1-8,16H. The molecule has 3 rings (SSSR count). The third-order valence-electron chi connectivity index (χ3n) is 2.90. The summed E-state index contributed by atoms with van der Waals surface area (Å²) < 4.78 is 0. The molecule has 0 amide bonds. The van der Waals surface area contributed by atoms with Crippen molar-refractivity contribution in [3.05, 3.63) is 59.7 Å². The highest BCUT2D eigenvalue weighted by Crippen LogP contribution is 2.30. The van der Waals surface area contributed by atoms with E-state index in [1.54, 1.807) is 24.3 Å². The number of anilines is 1. The Morgan fingerprint density at radius 1 is 0.778 bits per heavy atom. The van der Waals surface area contributed by atoms with Crippen LogP contribution in [0.15, 0.2) is 48.5 Å². The molecule has 0 aliphatic carbocycles. The number of hydrogen-bond donors (Lipinski definition) is 1. The molecule has 0 saturated carbocycles. The van der Waals surface area contributed by atoms with Gasteiger partial charge in [0.05, 0.1) is 0 Å². The van der Waals surface area contributed by atoms with Gasteiger partial charge < -0.3 is 5.11 Å². The van der Waals surface area contributed by atoms with Gasteiger partial charge in [0.1, 0.15) is 15.7 Å². The quantitative estimate of drug-likeness (QED) is 0.804. The van der Waals surface area contributed by atoms with Crippen LogP contribution in [0.25, 0.3) is 0 Å². The molecule has 2 nitrogen and oxygen atoms in total. The van der Waals surface area contributed by atoms with Crippen LogP contribution < -0.4 is 4.90 Å². The molecule has 0 aromatic heterocycles. The summed E-state index contributed by atoms with van der Waals surface area (Å²) in [6.07, 6.45) is 0. The molecule has 0 bridgehead atoms. The molecule has 0 saturated heterocycles. The van der Waals surface area contributed by atoms with Gasteiger partial charge in [0.25, 0.3) is 0 Å². The second-order valence-electron chi connectivity index (χ2n) is 4.01. The molecular formula is C14H9NOS2. The van der Waals surface area contributed by atoms with Crippen LogP contribution in [0.5, 0.6) is 5.75 Å².